The first-order valence-corrected chi connectivity index (χ1v) is 10.5. The Balaban J connectivity index is 1.83. The monoisotopic (exact) mass is 461 g/mol. The molecule has 2 atom stereocenters. The Morgan fingerprint density at radius 2 is 1.69 bits per heavy atom. The number of halogens is 4. The van der Waals surface area contributed by atoms with E-state index in [1.54, 1.807) is 19.3 Å². The highest BCUT2D eigenvalue weighted by atomic mass is 35.5. The third kappa shape index (κ3) is 6.31. The molecule has 4 nitrogen and oxygen atoms in total. The number of aromatic nitrogens is 1. The van der Waals surface area contributed by atoms with Crippen LogP contribution in [0.4, 0.5) is 13.2 Å². The predicted molar refractivity (Wildman–Crippen MR) is 118 cm³/mol. The number of alkyl halides is 3. The number of amides is 1. The van der Waals surface area contributed by atoms with Gasteiger partial charge in [0.1, 0.15) is 11.2 Å². The van der Waals surface area contributed by atoms with Crippen LogP contribution in [0.2, 0.25) is 5.15 Å². The van der Waals surface area contributed by atoms with Crippen molar-refractivity contribution in [3.63, 3.8) is 0 Å². The van der Waals surface area contributed by atoms with Crippen molar-refractivity contribution >= 4 is 17.5 Å². The summed E-state index contributed by atoms with van der Waals surface area (Å²) in [4.78, 5) is 16.8. The van der Waals surface area contributed by atoms with Gasteiger partial charge >= 0.3 is 6.18 Å². The molecule has 0 aliphatic rings. The molecule has 0 spiro atoms. The standard InChI is InChI=1S/C24H23ClF3N3O/c1-29-23(32)22(17-5-3-2-4-6-17)31-20(18-10-14-21(25)30-15-18)13-9-16-7-11-19(12-8-16)24(26,27)28/h2-8,10-12,14-15,20,22,31H,9,13H2,1H3,(H,29,32)/t20-,22-/m0/s1. The molecule has 0 bridgehead atoms. The lowest BCUT2D eigenvalue weighted by atomic mass is 9.97. The van der Waals surface area contributed by atoms with E-state index in [0.717, 1.165) is 28.8 Å². The van der Waals surface area contributed by atoms with E-state index in [2.05, 4.69) is 15.6 Å². The summed E-state index contributed by atoms with van der Waals surface area (Å²) in [6.07, 6.45) is -1.69. The second-order valence-electron chi connectivity index (χ2n) is 7.32. The molecule has 1 heterocycles. The molecule has 0 radical (unpaired) electrons. The van der Waals surface area contributed by atoms with E-state index in [9.17, 15) is 18.0 Å². The van der Waals surface area contributed by atoms with Gasteiger partial charge in [0.25, 0.3) is 0 Å². The van der Waals surface area contributed by atoms with Crippen LogP contribution >= 0.6 is 11.6 Å². The van der Waals surface area contributed by atoms with Gasteiger partial charge in [0.05, 0.1) is 5.56 Å². The molecule has 1 aromatic heterocycles. The number of hydrogen-bond acceptors (Lipinski definition) is 3. The van der Waals surface area contributed by atoms with Crippen LogP contribution in [-0.2, 0) is 17.4 Å². The zero-order valence-corrected chi connectivity index (χ0v) is 18.1. The number of likely N-dealkylation sites (N-methyl/N-ethyl adjacent to an activating group) is 1. The fourth-order valence-electron chi connectivity index (χ4n) is 3.43. The fraction of sp³-hybridized carbons (Fsp3) is 0.250. The largest absolute Gasteiger partial charge is 0.416 e. The van der Waals surface area contributed by atoms with Crippen LogP contribution in [0.1, 0.15) is 40.8 Å². The summed E-state index contributed by atoms with van der Waals surface area (Å²) in [6.45, 7) is 0. The molecule has 2 N–H and O–H groups in total. The number of rotatable bonds is 8. The molecule has 0 aliphatic heterocycles. The average Bonchev–Trinajstić information content (AvgIpc) is 2.80. The molecule has 3 aromatic rings. The van der Waals surface area contributed by atoms with E-state index in [-0.39, 0.29) is 11.9 Å². The second-order valence-corrected chi connectivity index (χ2v) is 7.71. The van der Waals surface area contributed by atoms with Crippen LogP contribution in [0.5, 0.6) is 0 Å². The van der Waals surface area contributed by atoms with Crippen molar-refractivity contribution in [3.05, 3.63) is 100 Å². The second kappa shape index (κ2) is 10.6. The lowest BCUT2D eigenvalue weighted by Gasteiger charge is -2.26. The molecule has 0 saturated heterocycles. The average molecular weight is 462 g/mol. The first-order chi connectivity index (χ1) is 15.3. The highest BCUT2D eigenvalue weighted by molar-refractivity contribution is 6.29. The van der Waals surface area contributed by atoms with Crippen LogP contribution in [0.15, 0.2) is 72.9 Å². The van der Waals surface area contributed by atoms with E-state index >= 15 is 0 Å². The van der Waals surface area contributed by atoms with Gasteiger partial charge < -0.3 is 5.32 Å². The van der Waals surface area contributed by atoms with Crippen molar-refractivity contribution in [2.75, 3.05) is 7.05 Å². The summed E-state index contributed by atoms with van der Waals surface area (Å²) < 4.78 is 38.5. The Kier molecular flexibility index (Phi) is 7.88. The minimum absolute atomic E-state index is 0.197. The topological polar surface area (TPSA) is 54.0 Å². The van der Waals surface area contributed by atoms with Crippen molar-refractivity contribution in [2.45, 2.75) is 31.1 Å². The summed E-state index contributed by atoms with van der Waals surface area (Å²) in [5.74, 6) is -0.197. The van der Waals surface area contributed by atoms with Crippen LogP contribution in [-0.4, -0.2) is 17.9 Å². The van der Waals surface area contributed by atoms with E-state index < -0.39 is 17.8 Å². The summed E-state index contributed by atoms with van der Waals surface area (Å²) in [6, 6.07) is 17.0. The number of carbonyl (C=O) groups excluding carboxylic acids is 1. The number of nitrogens with one attached hydrogen (secondary N) is 2. The zero-order valence-electron chi connectivity index (χ0n) is 17.4. The van der Waals surface area contributed by atoms with Gasteiger partial charge in [0, 0.05) is 19.3 Å². The molecule has 32 heavy (non-hydrogen) atoms. The Morgan fingerprint density at radius 1 is 1.00 bits per heavy atom. The molecule has 8 heteroatoms. The maximum atomic E-state index is 12.8. The maximum absolute atomic E-state index is 12.8. The predicted octanol–water partition coefficient (Wildman–Crippen LogP) is 5.50. The van der Waals surface area contributed by atoms with Crippen LogP contribution in [0.3, 0.4) is 0 Å². The van der Waals surface area contributed by atoms with E-state index in [4.69, 9.17) is 11.6 Å². The Hall–Kier alpha value is -2.90. The van der Waals surface area contributed by atoms with Gasteiger partial charge in [-0.2, -0.15) is 13.2 Å². The van der Waals surface area contributed by atoms with Gasteiger partial charge in [-0.3, -0.25) is 10.1 Å². The first kappa shape index (κ1) is 23.8. The Bertz CT molecular complexity index is 1010. The van der Waals surface area contributed by atoms with E-state index in [1.165, 1.54) is 12.1 Å². The van der Waals surface area contributed by atoms with Crippen molar-refractivity contribution in [1.29, 1.82) is 0 Å². The molecule has 2 aromatic carbocycles. The smallest absolute Gasteiger partial charge is 0.358 e. The molecule has 0 saturated carbocycles. The Labute approximate surface area is 189 Å². The van der Waals surface area contributed by atoms with Crippen LogP contribution < -0.4 is 10.6 Å². The summed E-state index contributed by atoms with van der Waals surface area (Å²) in [7, 11) is 1.57. The lowest BCUT2D eigenvalue weighted by Crippen LogP contribution is -2.38. The van der Waals surface area contributed by atoms with Crippen molar-refractivity contribution < 1.29 is 18.0 Å². The molecule has 0 aliphatic carbocycles. The van der Waals surface area contributed by atoms with Crippen molar-refractivity contribution in [3.8, 4) is 0 Å². The number of aryl methyl sites for hydroxylation is 1. The van der Waals surface area contributed by atoms with Crippen LogP contribution in [0.25, 0.3) is 0 Å². The minimum Gasteiger partial charge on any atom is -0.358 e. The third-order valence-corrected chi connectivity index (χ3v) is 5.39. The van der Waals surface area contributed by atoms with Gasteiger partial charge in [0.15, 0.2) is 0 Å². The van der Waals surface area contributed by atoms with Gasteiger partial charge in [-0.05, 0) is 47.7 Å². The van der Waals surface area contributed by atoms with Gasteiger partial charge in [-0.1, -0.05) is 60.1 Å². The van der Waals surface area contributed by atoms with Gasteiger partial charge in [-0.15, -0.1) is 0 Å². The minimum atomic E-state index is -4.37. The molecule has 0 unspecified atom stereocenters. The number of hydrogen-bond donors (Lipinski definition) is 2. The summed E-state index contributed by atoms with van der Waals surface area (Å²) in [5.41, 5.74) is 1.71. The number of pyridine rings is 1. The Morgan fingerprint density at radius 3 is 2.25 bits per heavy atom. The maximum Gasteiger partial charge on any atom is 0.416 e. The van der Waals surface area contributed by atoms with Crippen LogP contribution in [0, 0.1) is 0 Å². The van der Waals surface area contributed by atoms with Crippen molar-refractivity contribution in [2.24, 2.45) is 0 Å². The zero-order chi connectivity index (χ0) is 23.1. The number of benzene rings is 2. The summed E-state index contributed by atoms with van der Waals surface area (Å²) >= 11 is 5.93. The molecule has 1 amide bonds. The number of nitrogens with zero attached hydrogens (tertiary/aromatic N) is 1. The molecule has 0 fully saturated rings. The molecule has 3 rings (SSSR count). The normalized spacial score (nSPS) is 13.4. The summed E-state index contributed by atoms with van der Waals surface area (Å²) in [5, 5.41) is 6.41. The lowest BCUT2D eigenvalue weighted by molar-refractivity contribution is -0.137. The number of carbonyl (C=O) groups is 1. The van der Waals surface area contributed by atoms with Gasteiger partial charge in [-0.25, -0.2) is 4.98 Å². The molecular formula is C24H23ClF3N3O. The van der Waals surface area contributed by atoms with E-state index in [0.29, 0.717) is 18.0 Å². The first-order valence-electron chi connectivity index (χ1n) is 10.1. The molecule has 168 valence electrons. The third-order valence-electron chi connectivity index (χ3n) is 5.16. The van der Waals surface area contributed by atoms with Crippen molar-refractivity contribution in [1.82, 2.24) is 15.6 Å². The molecular weight excluding hydrogens is 439 g/mol. The highest BCUT2D eigenvalue weighted by Crippen LogP contribution is 2.30. The van der Waals surface area contributed by atoms with E-state index in [1.807, 2.05) is 36.4 Å². The quantitative estimate of drug-likeness (QED) is 0.435. The fourth-order valence-corrected chi connectivity index (χ4v) is 3.54. The van der Waals surface area contributed by atoms with Gasteiger partial charge in [0.2, 0.25) is 5.91 Å². The SMILES string of the molecule is CNC(=O)[C@@H](N[C@@H](CCc1ccc(C(F)(F)F)cc1)c1ccc(Cl)nc1)c1ccccc1. The highest BCUT2D eigenvalue weighted by Gasteiger charge is 2.30.